The maximum Gasteiger partial charge on any atom is 0.410 e. The van der Waals surface area contributed by atoms with Gasteiger partial charge in [0.05, 0.1) is 37.5 Å². The number of carbonyl (C=O) groups is 3. The summed E-state index contributed by atoms with van der Waals surface area (Å²) in [4.78, 5) is 39.4. The summed E-state index contributed by atoms with van der Waals surface area (Å²) in [7, 11) is 0. The van der Waals surface area contributed by atoms with Gasteiger partial charge in [0.15, 0.2) is 0 Å². The quantitative estimate of drug-likeness (QED) is 0.420. The molecule has 2 heterocycles. The van der Waals surface area contributed by atoms with Gasteiger partial charge >= 0.3 is 12.1 Å². The molecule has 240 valence electrons. The lowest BCUT2D eigenvalue weighted by atomic mass is 9.80. The van der Waals surface area contributed by atoms with Crippen molar-refractivity contribution in [3.8, 4) is 0 Å². The average Bonchev–Trinajstić information content (AvgIpc) is 2.91. The number of benzene rings is 1. The fraction of sp³-hybridized carbons (Fsp3) is 0.727. The Morgan fingerprint density at radius 2 is 1.72 bits per heavy atom. The number of morpholine rings is 1. The van der Waals surface area contributed by atoms with Crippen LogP contribution in [0.25, 0.3) is 0 Å². The third kappa shape index (κ3) is 9.40. The van der Waals surface area contributed by atoms with E-state index in [4.69, 9.17) is 23.7 Å². The molecule has 10 heteroatoms. The molecular weight excluding hydrogens is 552 g/mol. The van der Waals surface area contributed by atoms with Gasteiger partial charge in [0.25, 0.3) is 0 Å². The molecule has 0 aromatic heterocycles. The minimum Gasteiger partial charge on any atom is -0.458 e. The normalized spacial score (nSPS) is 26.6. The lowest BCUT2D eigenvalue weighted by Gasteiger charge is -2.51. The van der Waals surface area contributed by atoms with Crippen LogP contribution in [-0.4, -0.2) is 84.7 Å². The van der Waals surface area contributed by atoms with E-state index in [1.165, 1.54) is 5.56 Å². The molecule has 2 saturated heterocycles. The van der Waals surface area contributed by atoms with Crippen molar-refractivity contribution in [1.82, 2.24) is 10.2 Å². The molecule has 4 rings (SSSR count). The first-order valence-electron chi connectivity index (χ1n) is 15.6. The molecule has 2 atom stereocenters. The van der Waals surface area contributed by atoms with E-state index < -0.39 is 22.8 Å². The molecule has 10 nitrogen and oxygen atoms in total. The number of nitrogens with one attached hydrogen (secondary N) is 1. The first-order chi connectivity index (χ1) is 20.2. The van der Waals surface area contributed by atoms with Crippen molar-refractivity contribution in [2.45, 2.75) is 121 Å². The molecule has 1 saturated carbocycles. The van der Waals surface area contributed by atoms with Crippen LogP contribution < -0.4 is 5.32 Å². The summed E-state index contributed by atoms with van der Waals surface area (Å²) in [5, 5.41) is 3.15. The van der Waals surface area contributed by atoms with Crippen molar-refractivity contribution < 1.29 is 38.1 Å². The Labute approximate surface area is 256 Å². The molecule has 43 heavy (non-hydrogen) atoms. The molecule has 2 amide bonds. The van der Waals surface area contributed by atoms with Crippen molar-refractivity contribution >= 4 is 18.0 Å². The largest absolute Gasteiger partial charge is 0.458 e. The van der Waals surface area contributed by atoms with Crippen LogP contribution in [0.1, 0.15) is 97.1 Å². The fourth-order valence-electron chi connectivity index (χ4n) is 6.41. The van der Waals surface area contributed by atoms with Gasteiger partial charge < -0.3 is 33.9 Å². The summed E-state index contributed by atoms with van der Waals surface area (Å²) < 4.78 is 29.0. The van der Waals surface area contributed by atoms with Crippen molar-refractivity contribution in [3.63, 3.8) is 0 Å². The van der Waals surface area contributed by atoms with Crippen molar-refractivity contribution in [1.29, 1.82) is 0 Å². The monoisotopic (exact) mass is 602 g/mol. The third-order valence-electron chi connectivity index (χ3n) is 8.20. The molecule has 2 aliphatic heterocycles. The summed E-state index contributed by atoms with van der Waals surface area (Å²) in [6.45, 7) is 12.6. The average molecular weight is 603 g/mol. The summed E-state index contributed by atoms with van der Waals surface area (Å²) in [5.41, 5.74) is 0.465. The zero-order valence-electron chi connectivity index (χ0n) is 26.7. The van der Waals surface area contributed by atoms with Crippen LogP contribution in [-0.2, 0) is 39.9 Å². The highest BCUT2D eigenvalue weighted by molar-refractivity contribution is 5.79. The number of hydrogen-bond acceptors (Lipinski definition) is 8. The number of esters is 1. The number of rotatable bonds is 8. The Morgan fingerprint density at radius 1 is 1.02 bits per heavy atom. The number of carbonyl (C=O) groups excluding carboxylic acids is 3. The van der Waals surface area contributed by atoms with Gasteiger partial charge in [-0.05, 0) is 97.1 Å². The van der Waals surface area contributed by atoms with Gasteiger partial charge in [0, 0.05) is 6.54 Å². The van der Waals surface area contributed by atoms with Gasteiger partial charge in [0.2, 0.25) is 5.91 Å². The van der Waals surface area contributed by atoms with E-state index in [-0.39, 0.29) is 37.2 Å². The van der Waals surface area contributed by atoms with E-state index in [0.717, 1.165) is 37.7 Å². The number of likely N-dealkylation sites (tertiary alicyclic amines) is 1. The van der Waals surface area contributed by atoms with Crippen LogP contribution in [0.5, 0.6) is 0 Å². The van der Waals surface area contributed by atoms with Crippen molar-refractivity contribution in [2.75, 3.05) is 33.0 Å². The summed E-state index contributed by atoms with van der Waals surface area (Å²) in [6.07, 6.45) is 4.79. The van der Waals surface area contributed by atoms with Crippen LogP contribution in [0.2, 0.25) is 0 Å². The standard InChI is InChI=1S/C33H50N2O8/c1-31(2,3)42-29(37)21-39-18-24-10-7-8-11-26(24)23-12-14-25(15-13-23)41-19-27-33(22-40-20-28(36)34-33)16-9-17-35(27)30(38)43-32(4,5)6/h7-8,10-11,23,25,27H,9,12-22H2,1-6H3,(H,34,36). The van der Waals surface area contributed by atoms with Gasteiger partial charge in [-0.3, -0.25) is 4.79 Å². The van der Waals surface area contributed by atoms with E-state index in [1.807, 2.05) is 53.7 Å². The van der Waals surface area contributed by atoms with E-state index in [9.17, 15) is 14.4 Å². The molecule has 1 aromatic rings. The minimum atomic E-state index is -0.695. The Hall–Kier alpha value is -2.69. The molecule has 1 spiro atoms. The Morgan fingerprint density at radius 3 is 2.40 bits per heavy atom. The van der Waals surface area contributed by atoms with Gasteiger partial charge in [0.1, 0.15) is 24.4 Å². The molecule has 3 fully saturated rings. The second-order valence-corrected chi connectivity index (χ2v) is 14.1. The molecular formula is C33H50N2O8. The first-order valence-corrected chi connectivity index (χ1v) is 15.6. The smallest absolute Gasteiger partial charge is 0.410 e. The minimum absolute atomic E-state index is 0.0271. The highest BCUT2D eigenvalue weighted by Gasteiger charge is 2.50. The van der Waals surface area contributed by atoms with Crippen LogP contribution in [0.3, 0.4) is 0 Å². The predicted molar refractivity (Wildman–Crippen MR) is 161 cm³/mol. The third-order valence-corrected chi connectivity index (χ3v) is 8.20. The number of ether oxygens (including phenoxy) is 5. The van der Waals surface area contributed by atoms with E-state index in [1.54, 1.807) is 4.90 Å². The zero-order chi connectivity index (χ0) is 31.3. The van der Waals surface area contributed by atoms with E-state index >= 15 is 0 Å². The Kier molecular flexibility index (Phi) is 10.8. The highest BCUT2D eigenvalue weighted by Crippen LogP contribution is 2.37. The maximum absolute atomic E-state index is 13.2. The Balaban J connectivity index is 1.35. The van der Waals surface area contributed by atoms with Gasteiger partial charge in [-0.2, -0.15) is 0 Å². The second-order valence-electron chi connectivity index (χ2n) is 14.1. The fourth-order valence-corrected chi connectivity index (χ4v) is 6.41. The number of nitrogens with zero attached hydrogens (tertiary/aromatic N) is 1. The first kappa shape index (κ1) is 33.2. The van der Waals surface area contributed by atoms with Gasteiger partial charge in [-0.15, -0.1) is 0 Å². The predicted octanol–water partition coefficient (Wildman–Crippen LogP) is 4.87. The maximum atomic E-state index is 13.2. The molecule has 3 aliphatic rings. The van der Waals surface area contributed by atoms with Crippen LogP contribution in [0, 0.1) is 0 Å². The van der Waals surface area contributed by atoms with Gasteiger partial charge in [-0.1, -0.05) is 24.3 Å². The molecule has 0 bridgehead atoms. The molecule has 1 N–H and O–H groups in total. The second kappa shape index (κ2) is 13.9. The molecule has 0 radical (unpaired) electrons. The molecule has 1 aliphatic carbocycles. The SMILES string of the molecule is CC(C)(C)OC(=O)COCc1ccccc1C1CCC(OCC2N(C(=O)OC(C)(C)C)CCCC23COCC(=O)N3)CC1. The lowest BCUT2D eigenvalue weighted by Crippen LogP contribution is -2.72. The van der Waals surface area contributed by atoms with E-state index in [2.05, 4.69) is 17.4 Å². The van der Waals surface area contributed by atoms with Crippen LogP contribution in [0.4, 0.5) is 4.79 Å². The van der Waals surface area contributed by atoms with Crippen LogP contribution in [0.15, 0.2) is 24.3 Å². The van der Waals surface area contributed by atoms with Crippen molar-refractivity contribution in [2.24, 2.45) is 0 Å². The molecule has 2 unspecified atom stereocenters. The lowest BCUT2D eigenvalue weighted by molar-refractivity contribution is -0.160. The zero-order valence-corrected chi connectivity index (χ0v) is 26.7. The highest BCUT2D eigenvalue weighted by atomic mass is 16.6. The van der Waals surface area contributed by atoms with Crippen LogP contribution >= 0.6 is 0 Å². The number of piperidine rings is 1. The number of hydrogen-bond donors (Lipinski definition) is 1. The Bertz CT molecular complexity index is 1110. The summed E-state index contributed by atoms with van der Waals surface area (Å²) >= 11 is 0. The van der Waals surface area contributed by atoms with Gasteiger partial charge in [-0.25, -0.2) is 9.59 Å². The topological polar surface area (TPSA) is 113 Å². The summed E-state index contributed by atoms with van der Waals surface area (Å²) in [6, 6.07) is 7.86. The van der Waals surface area contributed by atoms with Crippen molar-refractivity contribution in [3.05, 3.63) is 35.4 Å². The molecule has 1 aromatic carbocycles. The summed E-state index contributed by atoms with van der Waals surface area (Å²) in [5.74, 6) is -0.171. The number of amides is 2. The van der Waals surface area contributed by atoms with E-state index in [0.29, 0.717) is 38.7 Å².